The molecule has 7 N–H and O–H groups in total. The molecular weight excluding hydrogens is 955 g/mol. The van der Waals surface area contributed by atoms with Crippen molar-refractivity contribution in [3.8, 4) is 0 Å². The van der Waals surface area contributed by atoms with Crippen molar-refractivity contribution >= 4 is 59.3 Å². The third-order valence-electron chi connectivity index (χ3n) is 13.1. The summed E-state index contributed by atoms with van der Waals surface area (Å²) in [4.78, 5) is 139. The summed E-state index contributed by atoms with van der Waals surface area (Å²) in [5.74, 6) is -8.77. The van der Waals surface area contributed by atoms with Crippen LogP contribution in [0.3, 0.4) is 0 Å². The van der Waals surface area contributed by atoms with Crippen LogP contribution in [0.1, 0.15) is 186 Å². The summed E-state index contributed by atoms with van der Waals surface area (Å²) in [5.41, 5.74) is 0. The number of nitrogens with one attached hydrogen (secondary N) is 7. The first kappa shape index (κ1) is 66.7. The minimum atomic E-state index is -1.59. The van der Waals surface area contributed by atoms with E-state index in [1.807, 2.05) is 41.5 Å². The molecule has 1 rings (SSSR count). The average molecular weight is 1050 g/mol. The zero-order valence-corrected chi connectivity index (χ0v) is 47.2. The molecule has 20 heteroatoms. The van der Waals surface area contributed by atoms with E-state index in [-0.39, 0.29) is 62.7 Å². The van der Waals surface area contributed by atoms with Crippen molar-refractivity contribution in [3.05, 3.63) is 0 Å². The maximum atomic E-state index is 14.2. The van der Waals surface area contributed by atoms with Crippen molar-refractivity contribution in [1.82, 2.24) is 37.2 Å². The van der Waals surface area contributed by atoms with Gasteiger partial charge in [0.05, 0.1) is 27.1 Å². The molecule has 0 radical (unpaired) electrons. The van der Waals surface area contributed by atoms with Crippen molar-refractivity contribution in [2.75, 3.05) is 14.2 Å². The number of methoxy groups -OCH3 is 2. The number of hydrogen-bond acceptors (Lipinski definition) is 13. The van der Waals surface area contributed by atoms with Crippen LogP contribution in [-0.4, -0.2) is 122 Å². The number of cyclic esters (lactones) is 1. The first-order valence-electron chi connectivity index (χ1n) is 27.2. The van der Waals surface area contributed by atoms with Crippen LogP contribution >= 0.6 is 0 Å². The minimum Gasteiger partial charge on any atom is -0.469 e. The number of rotatable bonds is 23. The lowest BCUT2D eigenvalue weighted by Gasteiger charge is -2.30. The van der Waals surface area contributed by atoms with Gasteiger partial charge in [-0.25, -0.2) is 4.79 Å². The molecule has 0 aliphatic carbocycles. The second-order valence-electron chi connectivity index (χ2n) is 22.1. The minimum absolute atomic E-state index is 0.0765. The lowest BCUT2D eigenvalue weighted by Crippen LogP contribution is -2.61. The first-order chi connectivity index (χ1) is 34.7. The van der Waals surface area contributed by atoms with Crippen molar-refractivity contribution in [3.63, 3.8) is 0 Å². The highest BCUT2D eigenvalue weighted by molar-refractivity contribution is 5.98. The van der Waals surface area contributed by atoms with Crippen LogP contribution in [0.2, 0.25) is 0 Å². The molecule has 7 amide bonds. The number of unbranched alkanes of at least 4 members (excludes halogenated alkanes) is 5. The fourth-order valence-corrected chi connectivity index (χ4v) is 8.50. The van der Waals surface area contributed by atoms with E-state index < -0.39 is 126 Å². The summed E-state index contributed by atoms with van der Waals surface area (Å²) in [5, 5.41) is 18.9. The van der Waals surface area contributed by atoms with Crippen LogP contribution < -0.4 is 37.2 Å². The van der Waals surface area contributed by atoms with Gasteiger partial charge in [-0.3, -0.25) is 43.2 Å². The van der Waals surface area contributed by atoms with Crippen molar-refractivity contribution in [2.45, 2.75) is 234 Å². The summed E-state index contributed by atoms with van der Waals surface area (Å²) in [6.07, 6.45) is 5.86. The molecule has 1 fully saturated rings. The molecule has 1 saturated heterocycles. The van der Waals surface area contributed by atoms with Crippen LogP contribution in [0.5, 0.6) is 0 Å². The van der Waals surface area contributed by atoms with Gasteiger partial charge >= 0.3 is 17.9 Å². The number of hydrogen-bond donors (Lipinski definition) is 7. The van der Waals surface area contributed by atoms with E-state index in [1.165, 1.54) is 7.11 Å². The van der Waals surface area contributed by atoms with Gasteiger partial charge in [0, 0.05) is 6.42 Å². The Morgan fingerprint density at radius 1 is 0.500 bits per heavy atom. The zero-order chi connectivity index (χ0) is 56.2. The van der Waals surface area contributed by atoms with Crippen molar-refractivity contribution in [1.29, 1.82) is 0 Å². The van der Waals surface area contributed by atoms with E-state index in [1.54, 1.807) is 27.7 Å². The third-order valence-corrected chi connectivity index (χ3v) is 13.1. The van der Waals surface area contributed by atoms with Crippen molar-refractivity contribution < 1.29 is 62.2 Å². The molecular formula is C54H95N7O13. The van der Waals surface area contributed by atoms with Gasteiger partial charge < -0.3 is 51.4 Å². The molecule has 1 heterocycles. The van der Waals surface area contributed by atoms with Gasteiger partial charge in [0.2, 0.25) is 41.4 Å². The summed E-state index contributed by atoms with van der Waals surface area (Å²) < 4.78 is 15.8. The topological polar surface area (TPSA) is 283 Å². The quantitative estimate of drug-likeness (QED) is 0.0411. The Labute approximate surface area is 441 Å². The molecule has 424 valence electrons. The molecule has 0 spiro atoms. The zero-order valence-electron chi connectivity index (χ0n) is 47.2. The summed E-state index contributed by atoms with van der Waals surface area (Å²) in [6.45, 7) is 22.1. The van der Waals surface area contributed by atoms with Gasteiger partial charge in [-0.15, -0.1) is 0 Å². The Morgan fingerprint density at radius 2 is 0.919 bits per heavy atom. The molecule has 0 aromatic rings. The van der Waals surface area contributed by atoms with E-state index in [0.29, 0.717) is 12.3 Å². The summed E-state index contributed by atoms with van der Waals surface area (Å²) in [7, 11) is 2.30. The third kappa shape index (κ3) is 26.3. The molecule has 0 aromatic heterocycles. The molecule has 3 unspecified atom stereocenters. The average Bonchev–Trinajstić information content (AvgIpc) is 3.31. The highest BCUT2D eigenvalue weighted by Crippen LogP contribution is 2.19. The highest BCUT2D eigenvalue weighted by Gasteiger charge is 2.38. The lowest BCUT2D eigenvalue weighted by molar-refractivity contribution is -0.156. The Balaban J connectivity index is 3.98. The van der Waals surface area contributed by atoms with E-state index in [9.17, 15) is 47.9 Å². The standard InChI is InChI=1S/C54H95N7O13/c1-15-36(12)22-20-18-16-17-19-21-23-37-29-43(62)55-38(24-25-44(63)72-13)48(65)56-39(26-31(2)3)49(66)57-40(27-32(4)5)51(68)60-46(34(8)9)53(70)59-42(30-45(64)73-14)50(67)58-41(28-33(6)7)52(69)61-47(35(10)11)54(71)74-37/h31-42,46-47H,15-30H2,1-14H3,(H,55,62)(H,56,65)(H,57,66)(H,58,67)(H,59,70)(H,60,68)(H,61,69)/t36?,37?,38-,39+,40?,41-,42+,46+,47+/m1/s1. The van der Waals surface area contributed by atoms with Crippen LogP contribution in [-0.2, 0) is 62.2 Å². The second kappa shape index (κ2) is 35.0. The maximum Gasteiger partial charge on any atom is 0.329 e. The SMILES string of the molecule is CCC(C)CCCCCCCCC1CC(=O)N[C@H](CCC(=O)OC)C(=O)N[C@@H](CC(C)C)C(=O)NC(CC(C)C)C(=O)N[C@@H](C(C)C)C(=O)N[C@@H](CC(=O)OC)C(=O)N[C@H](CC(C)C)C(=O)N[C@@H](C(C)C)C(=O)O1. The lowest BCUT2D eigenvalue weighted by atomic mass is 9.98. The molecule has 74 heavy (non-hydrogen) atoms. The van der Waals surface area contributed by atoms with Gasteiger partial charge in [-0.05, 0) is 74.0 Å². The summed E-state index contributed by atoms with van der Waals surface area (Å²) in [6, 6.07) is -9.24. The van der Waals surface area contributed by atoms with Crippen LogP contribution in [0.15, 0.2) is 0 Å². The Kier molecular flexibility index (Phi) is 31.6. The molecule has 0 aromatic carbocycles. The fourth-order valence-electron chi connectivity index (χ4n) is 8.50. The number of carbonyl (C=O) groups excluding carboxylic acids is 10. The number of amides is 7. The summed E-state index contributed by atoms with van der Waals surface area (Å²) >= 11 is 0. The van der Waals surface area contributed by atoms with Gasteiger partial charge in [0.25, 0.3) is 0 Å². The largest absolute Gasteiger partial charge is 0.469 e. The Hall–Kier alpha value is -5.30. The maximum absolute atomic E-state index is 14.2. The van der Waals surface area contributed by atoms with Crippen LogP contribution in [0, 0.1) is 35.5 Å². The number of carbonyl (C=O) groups is 10. The van der Waals surface area contributed by atoms with E-state index in [2.05, 4.69) is 51.1 Å². The van der Waals surface area contributed by atoms with E-state index in [4.69, 9.17) is 14.2 Å². The van der Waals surface area contributed by atoms with Crippen molar-refractivity contribution in [2.24, 2.45) is 35.5 Å². The van der Waals surface area contributed by atoms with Gasteiger partial charge in [0.1, 0.15) is 48.4 Å². The second-order valence-corrected chi connectivity index (χ2v) is 22.1. The molecule has 1 aliphatic heterocycles. The van der Waals surface area contributed by atoms with E-state index >= 15 is 0 Å². The smallest absolute Gasteiger partial charge is 0.329 e. The van der Waals surface area contributed by atoms with Gasteiger partial charge in [-0.2, -0.15) is 0 Å². The van der Waals surface area contributed by atoms with E-state index in [0.717, 1.165) is 52.1 Å². The Morgan fingerprint density at radius 3 is 1.38 bits per heavy atom. The van der Waals surface area contributed by atoms with Crippen LogP contribution in [0.25, 0.3) is 0 Å². The molecule has 0 bridgehead atoms. The molecule has 9 atom stereocenters. The fraction of sp³-hybridized carbons (Fsp3) is 0.815. The molecule has 20 nitrogen and oxygen atoms in total. The predicted molar refractivity (Wildman–Crippen MR) is 280 cm³/mol. The predicted octanol–water partition coefficient (Wildman–Crippen LogP) is 4.83. The molecule has 1 aliphatic rings. The number of esters is 3. The monoisotopic (exact) mass is 1050 g/mol. The van der Waals surface area contributed by atoms with Crippen LogP contribution in [0.4, 0.5) is 0 Å². The van der Waals surface area contributed by atoms with Gasteiger partial charge in [-0.1, -0.05) is 128 Å². The van der Waals surface area contributed by atoms with Gasteiger partial charge in [0.15, 0.2) is 0 Å². The first-order valence-corrected chi connectivity index (χ1v) is 27.2. The molecule has 0 saturated carbocycles. The number of ether oxygens (including phenoxy) is 3. The Bertz CT molecular complexity index is 1820. The normalized spacial score (nSPS) is 24.1. The highest BCUT2D eigenvalue weighted by atomic mass is 16.5.